The molecular weight excluding hydrogens is 1360 g/mol. The van der Waals surface area contributed by atoms with Crippen LogP contribution in [0.15, 0.2) is 303 Å². The van der Waals surface area contributed by atoms with Crippen molar-refractivity contribution in [3.05, 3.63) is 348 Å². The molecule has 5 heterocycles. The summed E-state index contributed by atoms with van der Waals surface area (Å²) in [5.41, 5.74) is 28.1. The van der Waals surface area contributed by atoms with Crippen LogP contribution in [0.3, 0.4) is 0 Å². The van der Waals surface area contributed by atoms with E-state index < -0.39 is 0 Å². The monoisotopic (exact) mass is 1460 g/mol. The maximum absolute atomic E-state index is 2.47. The molecule has 0 aliphatic rings. The maximum Gasteiger partial charge on any atom is 0.0491 e. The van der Waals surface area contributed by atoms with Gasteiger partial charge < -0.3 is 32.6 Å². The van der Waals surface area contributed by atoms with Gasteiger partial charge in [-0.25, -0.2) is 0 Å². The molecule has 19 aromatic rings. The number of benzene rings is 14. The Balaban J connectivity index is 0.726. The summed E-state index contributed by atoms with van der Waals surface area (Å²) in [5.74, 6) is 0. The van der Waals surface area contributed by atoms with E-state index in [4.69, 9.17) is 0 Å². The van der Waals surface area contributed by atoms with Gasteiger partial charge in [-0.2, -0.15) is 0 Å². The molecule has 0 bridgehead atoms. The maximum atomic E-state index is 2.47. The molecule has 0 N–H and O–H groups in total. The molecule has 0 aliphatic carbocycles. The summed E-state index contributed by atoms with van der Waals surface area (Å²) in [7, 11) is 2.22. The highest BCUT2D eigenvalue weighted by Crippen LogP contribution is 2.48. The van der Waals surface area contributed by atoms with Gasteiger partial charge in [0, 0.05) is 198 Å². The first-order chi connectivity index (χ1) is 54.3. The lowest BCUT2D eigenvalue weighted by molar-refractivity contribution is 0.641. The summed E-state index contributed by atoms with van der Waals surface area (Å²) in [6.07, 6.45) is 0. The van der Waals surface area contributed by atoms with Gasteiger partial charge in [0.05, 0.1) is 0 Å². The number of hydrogen-bond donors (Lipinski definition) is 0. The van der Waals surface area contributed by atoms with Crippen molar-refractivity contribution in [2.45, 2.75) is 131 Å². The zero-order chi connectivity index (χ0) is 76.9. The van der Waals surface area contributed by atoms with Crippen molar-refractivity contribution < 1.29 is 0 Å². The molecule has 7 nitrogen and oxygen atoms in total. The van der Waals surface area contributed by atoms with Crippen LogP contribution in [0.5, 0.6) is 0 Å². The highest BCUT2D eigenvalue weighted by atomic mass is 15.2. The largest absolute Gasteiger partial charge is 0.344 e. The van der Waals surface area contributed by atoms with Crippen LogP contribution in [0.25, 0.3) is 109 Å². The van der Waals surface area contributed by atoms with E-state index in [1.54, 1.807) is 0 Å². The third-order valence-electron chi connectivity index (χ3n) is 26.1. The van der Waals surface area contributed by atoms with Gasteiger partial charge in [-0.1, -0.05) is 201 Å². The smallest absolute Gasteiger partial charge is 0.0491 e. The number of hydrogen-bond acceptors (Lipinski definition) is 2. The van der Waals surface area contributed by atoms with Crippen molar-refractivity contribution in [3.63, 3.8) is 0 Å². The van der Waals surface area contributed by atoms with E-state index in [2.05, 4.69) is 426 Å². The number of fused-ring (bicyclic) bond motifs is 15. The lowest BCUT2D eigenvalue weighted by Crippen LogP contribution is -2.20. The number of nitrogens with zero attached hydrogens (tertiary/aromatic N) is 7. The van der Waals surface area contributed by atoms with Crippen LogP contribution >= 0.6 is 0 Å². The molecule has 112 heavy (non-hydrogen) atoms. The lowest BCUT2D eigenvalue weighted by Gasteiger charge is -2.30. The topological polar surface area (TPSA) is 31.1 Å². The second kappa shape index (κ2) is 26.4. The van der Waals surface area contributed by atoms with E-state index >= 15 is 0 Å². The Morgan fingerprint density at radius 3 is 0.616 bits per heavy atom. The van der Waals surface area contributed by atoms with E-state index in [0.717, 1.165) is 60.3 Å². The molecule has 14 aromatic carbocycles. The summed E-state index contributed by atoms with van der Waals surface area (Å²) >= 11 is 0. The van der Waals surface area contributed by atoms with E-state index in [-0.39, 0.29) is 21.7 Å². The third-order valence-corrected chi connectivity index (χ3v) is 26.1. The Hall–Kier alpha value is -12.3. The van der Waals surface area contributed by atoms with E-state index in [0.29, 0.717) is 0 Å². The Kier molecular flexibility index (Phi) is 16.6. The van der Waals surface area contributed by atoms with Crippen LogP contribution in [0.1, 0.15) is 128 Å². The van der Waals surface area contributed by atoms with Crippen LogP contribution in [0, 0.1) is 0 Å². The average molecular weight is 1460 g/mol. The Morgan fingerprint density at radius 1 is 0.196 bits per heavy atom. The zero-order valence-electron chi connectivity index (χ0n) is 66.8. The molecule has 552 valence electrons. The second-order valence-electron chi connectivity index (χ2n) is 33.3. The van der Waals surface area contributed by atoms with Gasteiger partial charge in [-0.15, -0.1) is 0 Å². The molecule has 0 spiro atoms. The Bertz CT molecular complexity index is 6150. The molecule has 0 saturated carbocycles. The Morgan fingerprint density at radius 2 is 0.384 bits per heavy atom. The predicted octanol–water partition coefficient (Wildman–Crippen LogP) is 28.1. The second-order valence-corrected chi connectivity index (χ2v) is 33.3. The van der Waals surface area contributed by atoms with Gasteiger partial charge in [-0.05, 0) is 230 Å². The third kappa shape index (κ3) is 10.9. The molecule has 0 fully saturated rings. The fraction of sp³-hybridized carbons (Fsp3) is 0.200. The lowest BCUT2D eigenvalue weighted by atomic mass is 9.77. The van der Waals surface area contributed by atoms with Crippen molar-refractivity contribution >= 4 is 143 Å². The summed E-state index contributed by atoms with van der Waals surface area (Å²) in [5, 5.41) is 12.8. The van der Waals surface area contributed by atoms with Gasteiger partial charge in [-0.3, -0.25) is 0 Å². The SMILES string of the molecule is CCn1c2ccccc2c2cc(C(C)(C)c3ccc(N(c4ccc(C(C)(C)c5ccc6c(c5)c5ccccc5n6CC)cc4)c4ccc5c(c4)c4cc(N(c6ccc(C(C)(C)c7ccc8c(c7)c7ccccc7n8CC)cc6)c6ccc(C(C)(C)c7ccc8c(c7)c7ccccc7n8CC)cc6)ccc4n5C)cc3)ccc21. The van der Waals surface area contributed by atoms with Gasteiger partial charge >= 0.3 is 0 Å². The Labute approximate surface area is 657 Å². The quantitative estimate of drug-likeness (QED) is 0.0857. The van der Waals surface area contributed by atoms with Crippen LogP contribution in [-0.2, 0) is 54.9 Å². The van der Waals surface area contributed by atoms with Crippen molar-refractivity contribution in [1.29, 1.82) is 0 Å². The number of rotatable bonds is 18. The summed E-state index contributed by atoms with van der Waals surface area (Å²) < 4.78 is 12.1. The van der Waals surface area contributed by atoms with E-state index in [1.807, 2.05) is 0 Å². The minimum Gasteiger partial charge on any atom is -0.344 e. The standard InChI is InChI=1S/C105H97N7/c1-14-107-94-30-22-18-26-82(94)86-62-72(42-56-98(86)107)102(5,6)68-34-46-76(47-35-68)111(77-48-36-69(37-49-77)103(7,8)73-43-57-99-87(63-73)83-27-19-23-31-95(83)108(99)15-2)80-54-60-92-90(66-80)91-67-81(55-61-93(91)106(92)13)112(78-50-38-70(39-51-78)104(9,10)74-44-58-100-88(64-74)84-28-20-24-32-96(84)109(100)16-3)79-52-40-71(41-53-79)105(11,12)75-45-59-101-89(65-75)85-29-21-25-33-97(85)110(101)17-4/h18-67H,14-17H2,1-13H3. The highest BCUT2D eigenvalue weighted by Gasteiger charge is 2.32. The molecule has 0 atom stereocenters. The van der Waals surface area contributed by atoms with Gasteiger partial charge in [0.2, 0.25) is 0 Å². The minimum absolute atomic E-state index is 0.291. The molecule has 0 radical (unpaired) electrons. The first-order valence-electron chi connectivity index (χ1n) is 40.4. The molecule has 0 unspecified atom stereocenters. The van der Waals surface area contributed by atoms with Crippen LogP contribution in [0.2, 0.25) is 0 Å². The number of anilines is 6. The van der Waals surface area contributed by atoms with E-state index in [9.17, 15) is 0 Å². The minimum atomic E-state index is -0.291. The molecule has 0 saturated heterocycles. The zero-order valence-corrected chi connectivity index (χ0v) is 66.8. The van der Waals surface area contributed by atoms with Crippen molar-refractivity contribution in [2.75, 3.05) is 9.80 Å². The average Bonchev–Trinajstić information content (AvgIpc) is 1.57. The van der Waals surface area contributed by atoms with Crippen LogP contribution in [-0.4, -0.2) is 22.8 Å². The first kappa shape index (κ1) is 70.1. The van der Waals surface area contributed by atoms with Gasteiger partial charge in [0.25, 0.3) is 0 Å². The molecule has 19 rings (SSSR count). The normalized spacial score (nSPS) is 12.7. The molecule has 5 aromatic heterocycles. The van der Waals surface area contributed by atoms with Crippen LogP contribution in [0.4, 0.5) is 34.1 Å². The number of para-hydroxylation sites is 4. The van der Waals surface area contributed by atoms with Gasteiger partial charge in [0.1, 0.15) is 0 Å². The number of aryl methyl sites for hydroxylation is 5. The summed E-state index contributed by atoms with van der Waals surface area (Å²) in [6, 6.07) is 116. The summed E-state index contributed by atoms with van der Waals surface area (Å²) in [6.45, 7) is 31.7. The number of aromatic nitrogens is 5. The molecule has 0 aliphatic heterocycles. The fourth-order valence-corrected chi connectivity index (χ4v) is 19.3. The molecule has 7 heteroatoms. The van der Waals surface area contributed by atoms with Gasteiger partial charge in [0.15, 0.2) is 0 Å². The molecule has 0 amide bonds. The highest BCUT2D eigenvalue weighted by molar-refractivity contribution is 6.13. The van der Waals surface area contributed by atoms with Crippen molar-refractivity contribution in [1.82, 2.24) is 22.8 Å². The fourth-order valence-electron chi connectivity index (χ4n) is 19.3. The van der Waals surface area contributed by atoms with Crippen molar-refractivity contribution in [3.8, 4) is 0 Å². The summed E-state index contributed by atoms with van der Waals surface area (Å²) in [4.78, 5) is 4.93. The van der Waals surface area contributed by atoms with Crippen LogP contribution < -0.4 is 9.80 Å². The first-order valence-corrected chi connectivity index (χ1v) is 40.4. The predicted molar refractivity (Wildman–Crippen MR) is 479 cm³/mol. The molecular formula is C105H97N7. The van der Waals surface area contributed by atoms with E-state index in [1.165, 1.54) is 154 Å². The van der Waals surface area contributed by atoms with Crippen molar-refractivity contribution in [2.24, 2.45) is 7.05 Å².